The highest BCUT2D eigenvalue weighted by Crippen LogP contribution is 2.27. The van der Waals surface area contributed by atoms with Crippen molar-refractivity contribution in [3.8, 4) is 0 Å². The van der Waals surface area contributed by atoms with Gasteiger partial charge in [-0.05, 0) is 30.5 Å². The lowest BCUT2D eigenvalue weighted by molar-refractivity contribution is -0.117. The van der Waals surface area contributed by atoms with Gasteiger partial charge >= 0.3 is 0 Å². The molecule has 0 saturated carbocycles. The van der Waals surface area contributed by atoms with Gasteiger partial charge in [0.05, 0.1) is 0 Å². The highest BCUT2D eigenvalue weighted by molar-refractivity contribution is 8.14. The molecule has 1 aliphatic heterocycles. The molecular weight excluding hydrogens is 298 g/mol. The quantitative estimate of drug-likeness (QED) is 0.785. The van der Waals surface area contributed by atoms with E-state index in [0.29, 0.717) is 0 Å². The molecular formula is C14H18ClNO3S. The predicted octanol–water partition coefficient (Wildman–Crippen LogP) is 2.70. The van der Waals surface area contributed by atoms with Gasteiger partial charge in [0.2, 0.25) is 15.0 Å². The van der Waals surface area contributed by atoms with Crippen LogP contribution in [0.15, 0.2) is 24.3 Å². The van der Waals surface area contributed by atoms with Crippen LogP contribution < -0.4 is 4.90 Å². The number of benzene rings is 1. The molecule has 0 spiro atoms. The van der Waals surface area contributed by atoms with Crippen LogP contribution in [0.4, 0.5) is 5.69 Å². The third-order valence-electron chi connectivity index (χ3n) is 3.55. The van der Waals surface area contributed by atoms with Crippen LogP contribution in [0.25, 0.3) is 0 Å². The van der Waals surface area contributed by atoms with Crippen LogP contribution >= 0.6 is 10.7 Å². The number of carbonyl (C=O) groups is 1. The summed E-state index contributed by atoms with van der Waals surface area (Å²) in [6, 6.07) is 7.71. The minimum atomic E-state index is -3.69. The molecule has 1 aromatic carbocycles. The molecule has 1 fully saturated rings. The van der Waals surface area contributed by atoms with E-state index in [0.717, 1.165) is 24.9 Å². The summed E-state index contributed by atoms with van der Waals surface area (Å²) in [5.74, 6) is -0.194. The Balaban J connectivity index is 2.10. The van der Waals surface area contributed by atoms with Gasteiger partial charge in [0, 0.05) is 29.3 Å². The summed E-state index contributed by atoms with van der Waals surface area (Å²) >= 11 is 0. The Labute approximate surface area is 124 Å². The van der Waals surface area contributed by atoms with Crippen LogP contribution in [-0.4, -0.2) is 26.1 Å². The number of hydrogen-bond donors (Lipinski definition) is 0. The highest BCUT2D eigenvalue weighted by Gasteiger charge is 2.37. The minimum Gasteiger partial charge on any atom is -0.311 e. The van der Waals surface area contributed by atoms with Crippen LogP contribution in [0.2, 0.25) is 0 Å². The molecule has 1 amide bonds. The molecule has 4 nitrogen and oxygen atoms in total. The molecule has 0 N–H and O–H groups in total. The lowest BCUT2D eigenvalue weighted by Gasteiger charge is -2.16. The second-order valence-electron chi connectivity index (χ2n) is 5.08. The molecule has 6 heteroatoms. The Morgan fingerprint density at radius 3 is 2.45 bits per heavy atom. The van der Waals surface area contributed by atoms with E-state index in [2.05, 4.69) is 6.92 Å². The van der Waals surface area contributed by atoms with E-state index in [1.54, 1.807) is 0 Å². The number of halogens is 1. The molecule has 1 atom stereocenters. The number of nitrogens with zero attached hydrogens (tertiary/aromatic N) is 1. The Morgan fingerprint density at radius 1 is 1.30 bits per heavy atom. The molecule has 110 valence electrons. The van der Waals surface area contributed by atoms with Crippen LogP contribution in [0, 0.1) is 0 Å². The molecule has 2 rings (SSSR count). The Hall–Kier alpha value is -1.07. The van der Waals surface area contributed by atoms with Gasteiger partial charge in [-0.25, -0.2) is 8.42 Å². The summed E-state index contributed by atoms with van der Waals surface area (Å²) in [7, 11) is 1.65. The second kappa shape index (κ2) is 6.14. The van der Waals surface area contributed by atoms with Crippen LogP contribution in [-0.2, 0) is 20.3 Å². The normalized spacial score (nSPS) is 19.6. The fourth-order valence-electron chi connectivity index (χ4n) is 2.34. The Morgan fingerprint density at radius 2 is 1.95 bits per heavy atom. The van der Waals surface area contributed by atoms with Crippen molar-refractivity contribution in [1.82, 2.24) is 0 Å². The van der Waals surface area contributed by atoms with Crippen molar-refractivity contribution in [2.24, 2.45) is 0 Å². The first-order valence-corrected chi connectivity index (χ1v) is 9.12. The van der Waals surface area contributed by atoms with Crippen molar-refractivity contribution >= 4 is 31.3 Å². The summed E-state index contributed by atoms with van der Waals surface area (Å²) in [4.78, 5) is 13.4. The third kappa shape index (κ3) is 3.52. The van der Waals surface area contributed by atoms with Crippen molar-refractivity contribution in [1.29, 1.82) is 0 Å². The zero-order valence-corrected chi connectivity index (χ0v) is 13.0. The van der Waals surface area contributed by atoms with Gasteiger partial charge in [-0.2, -0.15) is 0 Å². The summed E-state index contributed by atoms with van der Waals surface area (Å²) in [5.41, 5.74) is 1.96. The van der Waals surface area contributed by atoms with E-state index in [-0.39, 0.29) is 18.9 Å². The topological polar surface area (TPSA) is 54.5 Å². The van der Waals surface area contributed by atoms with Gasteiger partial charge < -0.3 is 4.90 Å². The third-order valence-corrected chi connectivity index (χ3v) is 5.42. The molecule has 1 unspecified atom stereocenters. The average molecular weight is 316 g/mol. The summed E-state index contributed by atoms with van der Waals surface area (Å²) in [6.45, 7) is 2.28. The minimum absolute atomic E-state index is 0.0383. The van der Waals surface area contributed by atoms with Crippen LogP contribution in [0.1, 0.15) is 31.7 Å². The van der Waals surface area contributed by atoms with Gasteiger partial charge in [-0.1, -0.05) is 25.5 Å². The highest BCUT2D eigenvalue weighted by atomic mass is 35.7. The molecule has 0 radical (unpaired) electrons. The van der Waals surface area contributed by atoms with Crippen molar-refractivity contribution in [2.45, 2.75) is 37.9 Å². The molecule has 0 aliphatic carbocycles. The van der Waals surface area contributed by atoms with Crippen LogP contribution in [0.5, 0.6) is 0 Å². The van der Waals surface area contributed by atoms with E-state index in [1.165, 1.54) is 10.5 Å². The zero-order valence-electron chi connectivity index (χ0n) is 11.4. The summed E-state index contributed by atoms with van der Waals surface area (Å²) < 4.78 is 22.6. The first-order chi connectivity index (χ1) is 9.41. The smallest absolute Gasteiger partial charge is 0.237 e. The number of anilines is 1. The molecule has 0 bridgehead atoms. The maximum atomic E-state index is 11.9. The van der Waals surface area contributed by atoms with Crippen LogP contribution in [0.3, 0.4) is 0 Å². The molecule has 1 saturated heterocycles. The van der Waals surface area contributed by atoms with Gasteiger partial charge in [-0.15, -0.1) is 0 Å². The van der Waals surface area contributed by atoms with Gasteiger partial charge in [0.15, 0.2) is 0 Å². The van der Waals surface area contributed by atoms with Crippen molar-refractivity contribution < 1.29 is 13.2 Å². The van der Waals surface area contributed by atoms with Gasteiger partial charge in [0.25, 0.3) is 0 Å². The lowest BCUT2D eigenvalue weighted by atomic mass is 10.1. The largest absolute Gasteiger partial charge is 0.311 e. The Bertz CT molecular complexity index is 583. The monoisotopic (exact) mass is 315 g/mol. The first kappa shape index (κ1) is 15.3. The van der Waals surface area contributed by atoms with Crippen molar-refractivity contribution in [3.05, 3.63) is 29.8 Å². The van der Waals surface area contributed by atoms with Crippen molar-refractivity contribution in [3.63, 3.8) is 0 Å². The number of carbonyl (C=O) groups excluding carboxylic acids is 1. The molecule has 1 aromatic rings. The Kier molecular flexibility index (Phi) is 4.70. The maximum absolute atomic E-state index is 11.9. The zero-order chi connectivity index (χ0) is 14.8. The number of aryl methyl sites for hydroxylation is 1. The fraction of sp³-hybridized carbons (Fsp3) is 0.500. The SMILES string of the molecule is CCCCc1ccc(N2CC(S(=O)(=O)Cl)CC2=O)cc1. The van der Waals surface area contributed by atoms with Crippen molar-refractivity contribution in [2.75, 3.05) is 11.4 Å². The van der Waals surface area contributed by atoms with E-state index >= 15 is 0 Å². The van der Waals surface area contributed by atoms with Gasteiger partial charge in [-0.3, -0.25) is 4.79 Å². The lowest BCUT2D eigenvalue weighted by Crippen LogP contribution is -2.26. The summed E-state index contributed by atoms with van der Waals surface area (Å²) in [6.07, 6.45) is 3.25. The fourth-order valence-corrected chi connectivity index (χ4v) is 3.36. The van der Waals surface area contributed by atoms with Gasteiger partial charge in [0.1, 0.15) is 5.25 Å². The van der Waals surface area contributed by atoms with E-state index in [9.17, 15) is 13.2 Å². The number of rotatable bonds is 5. The maximum Gasteiger partial charge on any atom is 0.237 e. The van der Waals surface area contributed by atoms with E-state index in [4.69, 9.17) is 10.7 Å². The second-order valence-corrected chi connectivity index (χ2v) is 7.98. The molecule has 1 aliphatic rings. The standard InChI is InChI=1S/C14H18ClNO3S/c1-2-3-4-11-5-7-12(8-6-11)16-10-13(9-14(16)17)20(15,18)19/h5-8,13H,2-4,9-10H2,1H3. The predicted molar refractivity (Wildman–Crippen MR) is 80.6 cm³/mol. The average Bonchev–Trinajstić information content (AvgIpc) is 2.79. The van der Waals surface area contributed by atoms with E-state index in [1.807, 2.05) is 24.3 Å². The number of hydrogen-bond acceptors (Lipinski definition) is 3. The van der Waals surface area contributed by atoms with E-state index < -0.39 is 14.3 Å². The molecule has 1 heterocycles. The number of amides is 1. The first-order valence-electron chi connectivity index (χ1n) is 6.74. The number of unbranched alkanes of at least 4 members (excludes halogenated alkanes) is 1. The summed E-state index contributed by atoms with van der Waals surface area (Å²) in [5, 5.41) is -0.809. The molecule has 20 heavy (non-hydrogen) atoms. The molecule has 0 aromatic heterocycles.